The topological polar surface area (TPSA) is 86.0 Å². The lowest BCUT2D eigenvalue weighted by Gasteiger charge is -2.22. The molecule has 1 N–H and O–H groups in total. The van der Waals surface area contributed by atoms with Gasteiger partial charge >= 0.3 is 5.69 Å². The van der Waals surface area contributed by atoms with Crippen LogP contribution in [0.5, 0.6) is 0 Å². The molecular formula is C26H26N4O3. The number of carbonyl (C=O) groups excluding carboxylic acids is 1. The monoisotopic (exact) mass is 442 g/mol. The molecule has 1 unspecified atom stereocenters. The van der Waals surface area contributed by atoms with E-state index in [-0.39, 0.29) is 5.91 Å². The first-order valence-electron chi connectivity index (χ1n) is 11.1. The molecule has 0 saturated carbocycles. The number of aryl methyl sites for hydroxylation is 1. The van der Waals surface area contributed by atoms with Gasteiger partial charge in [-0.1, -0.05) is 50.2 Å². The van der Waals surface area contributed by atoms with E-state index < -0.39 is 17.3 Å². The number of para-hydroxylation sites is 2. The zero-order valence-corrected chi connectivity index (χ0v) is 18.7. The van der Waals surface area contributed by atoms with E-state index in [0.717, 1.165) is 11.1 Å². The number of hydrogen-bond acceptors (Lipinski definition) is 4. The van der Waals surface area contributed by atoms with Crippen LogP contribution in [0.15, 0.2) is 82.6 Å². The van der Waals surface area contributed by atoms with E-state index in [4.69, 9.17) is 0 Å². The van der Waals surface area contributed by atoms with Crippen LogP contribution in [0.1, 0.15) is 37.4 Å². The van der Waals surface area contributed by atoms with Gasteiger partial charge in [0.25, 0.3) is 5.56 Å². The van der Waals surface area contributed by atoms with Crippen molar-refractivity contribution < 1.29 is 4.79 Å². The van der Waals surface area contributed by atoms with Crippen molar-refractivity contribution in [3.63, 3.8) is 0 Å². The van der Waals surface area contributed by atoms with Gasteiger partial charge in [-0.05, 0) is 48.2 Å². The SMILES string of the molecule is CCc1ccccc1-n1c(=O)c2ccccc2n(C(CC)C(=O)NCc2cccnc2)c1=O. The molecule has 4 aromatic rings. The normalized spacial score (nSPS) is 11.9. The fourth-order valence-corrected chi connectivity index (χ4v) is 4.12. The van der Waals surface area contributed by atoms with Crippen LogP contribution in [0.4, 0.5) is 0 Å². The highest BCUT2D eigenvalue weighted by Gasteiger charge is 2.25. The van der Waals surface area contributed by atoms with Gasteiger partial charge in [0.2, 0.25) is 5.91 Å². The van der Waals surface area contributed by atoms with Crippen molar-refractivity contribution in [2.45, 2.75) is 39.3 Å². The molecule has 168 valence electrons. The maximum absolute atomic E-state index is 13.8. The van der Waals surface area contributed by atoms with Crippen LogP contribution in [-0.4, -0.2) is 20.0 Å². The quantitative estimate of drug-likeness (QED) is 0.475. The number of aromatic nitrogens is 3. The summed E-state index contributed by atoms with van der Waals surface area (Å²) in [6.45, 7) is 4.13. The van der Waals surface area contributed by atoms with Crippen molar-refractivity contribution in [3.8, 4) is 5.69 Å². The summed E-state index contributed by atoms with van der Waals surface area (Å²) in [6, 6.07) is 17.2. The van der Waals surface area contributed by atoms with Gasteiger partial charge in [0.15, 0.2) is 0 Å². The van der Waals surface area contributed by atoms with Crippen LogP contribution in [0.25, 0.3) is 16.6 Å². The maximum Gasteiger partial charge on any atom is 0.336 e. The highest BCUT2D eigenvalue weighted by Crippen LogP contribution is 2.19. The Hall–Kier alpha value is -4.00. The van der Waals surface area contributed by atoms with Crippen molar-refractivity contribution in [1.29, 1.82) is 0 Å². The predicted molar refractivity (Wildman–Crippen MR) is 129 cm³/mol. The molecule has 0 saturated heterocycles. The van der Waals surface area contributed by atoms with Crippen LogP contribution < -0.4 is 16.6 Å². The zero-order chi connectivity index (χ0) is 23.4. The van der Waals surface area contributed by atoms with Crippen LogP contribution in [0, 0.1) is 0 Å². The molecule has 0 radical (unpaired) electrons. The van der Waals surface area contributed by atoms with E-state index in [1.807, 2.05) is 32.0 Å². The van der Waals surface area contributed by atoms with Crippen LogP contribution in [0.2, 0.25) is 0 Å². The lowest BCUT2D eigenvalue weighted by atomic mass is 10.1. The summed E-state index contributed by atoms with van der Waals surface area (Å²) in [7, 11) is 0. The zero-order valence-electron chi connectivity index (χ0n) is 18.7. The Morgan fingerprint density at radius 2 is 1.76 bits per heavy atom. The molecule has 0 aliphatic heterocycles. The van der Waals surface area contributed by atoms with Gasteiger partial charge in [-0.15, -0.1) is 0 Å². The third kappa shape index (κ3) is 4.22. The fourth-order valence-electron chi connectivity index (χ4n) is 4.12. The minimum Gasteiger partial charge on any atom is -0.350 e. The van der Waals surface area contributed by atoms with Crippen LogP contribution >= 0.6 is 0 Å². The summed E-state index contributed by atoms with van der Waals surface area (Å²) in [6.07, 6.45) is 4.40. The molecule has 2 aromatic carbocycles. The number of hydrogen-bond donors (Lipinski definition) is 1. The molecule has 0 aliphatic rings. The largest absolute Gasteiger partial charge is 0.350 e. The van der Waals surface area contributed by atoms with Crippen molar-refractivity contribution in [2.75, 3.05) is 0 Å². The molecule has 4 rings (SSSR count). The Kier molecular flexibility index (Phi) is 6.49. The van der Waals surface area contributed by atoms with Gasteiger partial charge in [-0.25, -0.2) is 9.36 Å². The Balaban J connectivity index is 1.88. The lowest BCUT2D eigenvalue weighted by Crippen LogP contribution is -2.44. The summed E-state index contributed by atoms with van der Waals surface area (Å²) in [5, 5.41) is 3.30. The Morgan fingerprint density at radius 3 is 2.48 bits per heavy atom. The number of nitrogens with one attached hydrogen (secondary N) is 1. The number of pyridine rings is 1. The van der Waals surface area contributed by atoms with Crippen molar-refractivity contribution >= 4 is 16.8 Å². The number of fused-ring (bicyclic) bond motifs is 1. The Labute approximate surface area is 191 Å². The Morgan fingerprint density at radius 1 is 1.00 bits per heavy atom. The number of nitrogens with zero attached hydrogens (tertiary/aromatic N) is 3. The molecule has 2 aromatic heterocycles. The average molecular weight is 443 g/mol. The number of carbonyl (C=O) groups is 1. The molecule has 7 nitrogen and oxygen atoms in total. The maximum atomic E-state index is 13.8. The van der Waals surface area contributed by atoms with E-state index >= 15 is 0 Å². The predicted octanol–water partition coefficient (Wildman–Crippen LogP) is 3.38. The highest BCUT2D eigenvalue weighted by molar-refractivity contribution is 5.84. The number of rotatable bonds is 7. The van der Waals surface area contributed by atoms with Gasteiger partial charge in [0.1, 0.15) is 6.04 Å². The molecule has 7 heteroatoms. The molecule has 0 aliphatic carbocycles. The summed E-state index contributed by atoms with van der Waals surface area (Å²) in [5.41, 5.74) is 1.81. The minimum absolute atomic E-state index is 0.289. The molecule has 0 fully saturated rings. The molecule has 33 heavy (non-hydrogen) atoms. The van der Waals surface area contributed by atoms with E-state index in [1.54, 1.807) is 54.9 Å². The van der Waals surface area contributed by atoms with Crippen molar-refractivity contribution in [2.24, 2.45) is 0 Å². The first-order valence-corrected chi connectivity index (χ1v) is 11.1. The fraction of sp³-hybridized carbons (Fsp3) is 0.231. The molecule has 2 heterocycles. The average Bonchev–Trinajstić information content (AvgIpc) is 2.86. The van der Waals surface area contributed by atoms with Gasteiger partial charge < -0.3 is 5.32 Å². The standard InChI is InChI=1S/C26H26N4O3/c1-3-19-11-5-7-13-22(19)30-25(32)20-12-6-8-14-23(20)29(26(30)33)21(4-2)24(31)28-17-18-10-9-15-27-16-18/h5-16,21H,3-4,17H2,1-2H3,(H,28,31). The second-order valence-electron chi connectivity index (χ2n) is 7.80. The van der Waals surface area contributed by atoms with Crippen molar-refractivity contribution in [3.05, 3.63) is 105 Å². The second-order valence-corrected chi connectivity index (χ2v) is 7.80. The van der Waals surface area contributed by atoms with Gasteiger partial charge in [0.05, 0.1) is 16.6 Å². The van der Waals surface area contributed by atoms with Crippen molar-refractivity contribution in [1.82, 2.24) is 19.4 Å². The molecule has 0 spiro atoms. The number of benzene rings is 2. The van der Waals surface area contributed by atoms with Gasteiger partial charge in [0, 0.05) is 18.9 Å². The highest BCUT2D eigenvalue weighted by atomic mass is 16.2. The molecule has 1 atom stereocenters. The smallest absolute Gasteiger partial charge is 0.336 e. The van der Waals surface area contributed by atoms with E-state index in [2.05, 4.69) is 10.3 Å². The number of amides is 1. The third-order valence-corrected chi connectivity index (χ3v) is 5.80. The molecule has 0 bridgehead atoms. The van der Waals surface area contributed by atoms with E-state index in [1.165, 1.54) is 9.13 Å². The van der Waals surface area contributed by atoms with Gasteiger partial charge in [-0.3, -0.25) is 19.1 Å². The summed E-state index contributed by atoms with van der Waals surface area (Å²) in [4.78, 5) is 44.5. The lowest BCUT2D eigenvalue weighted by molar-refractivity contribution is -0.124. The summed E-state index contributed by atoms with van der Waals surface area (Å²) >= 11 is 0. The Bertz CT molecular complexity index is 1410. The first kappa shape index (κ1) is 22.2. The first-order chi connectivity index (χ1) is 16.1. The van der Waals surface area contributed by atoms with E-state index in [9.17, 15) is 14.4 Å². The second kappa shape index (κ2) is 9.65. The molecule has 1 amide bonds. The minimum atomic E-state index is -0.778. The van der Waals surface area contributed by atoms with Crippen LogP contribution in [0.3, 0.4) is 0 Å². The summed E-state index contributed by atoms with van der Waals surface area (Å²) in [5.74, 6) is -0.289. The van der Waals surface area contributed by atoms with Crippen LogP contribution in [-0.2, 0) is 17.8 Å². The third-order valence-electron chi connectivity index (χ3n) is 5.80. The van der Waals surface area contributed by atoms with Gasteiger partial charge in [-0.2, -0.15) is 0 Å². The summed E-state index contributed by atoms with van der Waals surface area (Å²) < 4.78 is 2.64. The molecular weight excluding hydrogens is 416 g/mol. The van der Waals surface area contributed by atoms with E-state index in [0.29, 0.717) is 36.0 Å².